The molecule has 5 rings (SSSR count). The van der Waals surface area contributed by atoms with Crippen molar-refractivity contribution in [1.82, 2.24) is 4.57 Å². The molecule has 0 bridgehead atoms. The lowest BCUT2D eigenvalue weighted by atomic mass is 9.93. The Morgan fingerprint density at radius 3 is 2.54 bits per heavy atom. The van der Waals surface area contributed by atoms with Gasteiger partial charge >= 0.3 is 5.97 Å². The number of aromatic nitrogens is 1. The summed E-state index contributed by atoms with van der Waals surface area (Å²) >= 11 is 13.4. The van der Waals surface area contributed by atoms with Gasteiger partial charge in [-0.05, 0) is 61.2 Å². The minimum atomic E-state index is -0.660. The highest BCUT2D eigenvalue weighted by Crippen LogP contribution is 2.32. The zero-order chi connectivity index (χ0) is 27.8. The molecule has 1 aliphatic heterocycles. The summed E-state index contributed by atoms with van der Waals surface area (Å²) in [5.74, 6) is 0.963. The van der Waals surface area contributed by atoms with Gasteiger partial charge < -0.3 is 9.15 Å². The van der Waals surface area contributed by atoms with E-state index in [4.69, 9.17) is 32.4 Å². The van der Waals surface area contributed by atoms with Crippen LogP contribution in [-0.2, 0) is 9.53 Å². The molecule has 2 aromatic heterocycles. The Morgan fingerprint density at radius 1 is 1.13 bits per heavy atom. The van der Waals surface area contributed by atoms with Gasteiger partial charge in [0.05, 0.1) is 38.5 Å². The second-order valence-electron chi connectivity index (χ2n) is 9.45. The van der Waals surface area contributed by atoms with E-state index >= 15 is 0 Å². The summed E-state index contributed by atoms with van der Waals surface area (Å²) in [4.78, 5) is 32.0. The molecule has 1 unspecified atom stereocenters. The molecule has 0 spiro atoms. The molecule has 39 heavy (non-hydrogen) atoms. The summed E-state index contributed by atoms with van der Waals surface area (Å²) in [5.41, 5.74) is 3.36. The number of carbonyl (C=O) groups is 1. The van der Waals surface area contributed by atoms with Crippen LogP contribution in [0.5, 0.6) is 0 Å². The van der Waals surface area contributed by atoms with Crippen molar-refractivity contribution in [2.45, 2.75) is 39.7 Å². The predicted molar refractivity (Wildman–Crippen MR) is 155 cm³/mol. The zero-order valence-corrected chi connectivity index (χ0v) is 24.2. The van der Waals surface area contributed by atoms with Crippen LogP contribution in [-0.4, -0.2) is 17.1 Å². The lowest BCUT2D eigenvalue weighted by molar-refractivity contribution is -0.139. The predicted octanol–water partition coefficient (Wildman–Crippen LogP) is 6.49. The quantitative estimate of drug-likeness (QED) is 0.244. The van der Waals surface area contributed by atoms with E-state index in [0.29, 0.717) is 48.1 Å². The van der Waals surface area contributed by atoms with Crippen molar-refractivity contribution in [3.05, 3.63) is 112 Å². The summed E-state index contributed by atoms with van der Waals surface area (Å²) in [5, 5.41) is 0.883. The number of rotatable bonds is 6. The van der Waals surface area contributed by atoms with Crippen LogP contribution >= 0.6 is 34.5 Å². The number of ether oxygens (including phenoxy) is 1. The topological polar surface area (TPSA) is 73.8 Å². The molecule has 6 nitrogen and oxygen atoms in total. The fraction of sp³-hybridized carbons (Fsp3) is 0.233. The third kappa shape index (κ3) is 5.26. The second kappa shape index (κ2) is 11.0. The smallest absolute Gasteiger partial charge is 0.338 e. The van der Waals surface area contributed by atoms with Gasteiger partial charge in [-0.1, -0.05) is 72.7 Å². The number of allylic oxidation sites excluding steroid dienone is 1. The highest BCUT2D eigenvalue weighted by atomic mass is 35.5. The molecule has 4 aromatic rings. The maximum atomic E-state index is 13.8. The maximum Gasteiger partial charge on any atom is 0.338 e. The molecular weight excluding hydrogens is 555 g/mol. The van der Waals surface area contributed by atoms with E-state index in [1.165, 1.54) is 16.9 Å². The van der Waals surface area contributed by atoms with Crippen molar-refractivity contribution in [2.75, 3.05) is 6.61 Å². The highest BCUT2D eigenvalue weighted by molar-refractivity contribution is 7.07. The first-order valence-corrected chi connectivity index (χ1v) is 14.1. The molecule has 0 N–H and O–H groups in total. The van der Waals surface area contributed by atoms with E-state index in [9.17, 15) is 9.59 Å². The Morgan fingerprint density at radius 2 is 1.87 bits per heavy atom. The number of esters is 1. The van der Waals surface area contributed by atoms with Gasteiger partial charge in [-0.15, -0.1) is 0 Å². The molecule has 0 radical (unpaired) electrons. The molecule has 2 aromatic carbocycles. The summed E-state index contributed by atoms with van der Waals surface area (Å²) < 4.78 is 13.4. The number of benzene rings is 2. The molecule has 0 aliphatic carbocycles. The largest absolute Gasteiger partial charge is 0.463 e. The maximum absolute atomic E-state index is 13.8. The van der Waals surface area contributed by atoms with E-state index in [-0.39, 0.29) is 12.2 Å². The monoisotopic (exact) mass is 580 g/mol. The molecule has 200 valence electrons. The number of hydrogen-bond acceptors (Lipinski definition) is 6. The number of thiazole rings is 1. The standard InChI is InChI=1S/C30H26Cl2N2O4S/c1-5-37-29(36)26-17(4)33-30-34(27(26)19-8-6-18(7-9-19)16(2)3)28(35)25(39-30)15-21-11-13-24(38-21)20-10-12-22(31)23(32)14-20/h6-16,27H,5H2,1-4H3/b25-15-. The molecule has 1 atom stereocenters. The SMILES string of the molecule is CCOC(=O)C1=C(C)N=c2s/c(=C\c3ccc(-c4ccc(Cl)c(Cl)c4)o3)c(=O)n2C1c1ccc(C(C)C)cc1. The minimum absolute atomic E-state index is 0.221. The van der Waals surface area contributed by atoms with Gasteiger partial charge in [0.1, 0.15) is 11.5 Å². The van der Waals surface area contributed by atoms with E-state index in [1.54, 1.807) is 42.7 Å². The number of hydrogen-bond donors (Lipinski definition) is 0. The molecule has 0 saturated carbocycles. The first kappa shape index (κ1) is 27.2. The molecular formula is C30H26Cl2N2O4S. The van der Waals surface area contributed by atoms with E-state index in [2.05, 4.69) is 18.8 Å². The van der Waals surface area contributed by atoms with Crippen molar-refractivity contribution < 1.29 is 13.9 Å². The van der Waals surface area contributed by atoms with Gasteiger partial charge in [-0.25, -0.2) is 9.79 Å². The van der Waals surface area contributed by atoms with Crippen molar-refractivity contribution in [3.63, 3.8) is 0 Å². The minimum Gasteiger partial charge on any atom is -0.463 e. The highest BCUT2D eigenvalue weighted by Gasteiger charge is 2.33. The first-order valence-electron chi connectivity index (χ1n) is 12.5. The fourth-order valence-corrected chi connectivity index (χ4v) is 5.86. The van der Waals surface area contributed by atoms with Crippen LogP contribution < -0.4 is 14.9 Å². The van der Waals surface area contributed by atoms with Crippen LogP contribution in [0.15, 0.2) is 80.1 Å². The third-order valence-corrected chi connectivity index (χ3v) is 8.26. The van der Waals surface area contributed by atoms with Crippen molar-refractivity contribution >= 4 is 46.6 Å². The van der Waals surface area contributed by atoms with Gasteiger partial charge in [0.2, 0.25) is 0 Å². The summed E-state index contributed by atoms with van der Waals surface area (Å²) in [6, 6.07) is 16.2. The number of carbonyl (C=O) groups excluding carboxylic acids is 1. The summed E-state index contributed by atoms with van der Waals surface area (Å²) in [6.45, 7) is 7.99. The normalized spacial score (nSPS) is 15.5. The van der Waals surface area contributed by atoms with E-state index in [1.807, 2.05) is 36.4 Å². The Labute approximate surface area is 239 Å². The zero-order valence-electron chi connectivity index (χ0n) is 21.8. The van der Waals surface area contributed by atoms with E-state index < -0.39 is 12.0 Å². The average Bonchev–Trinajstić information content (AvgIpc) is 3.49. The van der Waals surface area contributed by atoms with Crippen LogP contribution in [0, 0.1) is 0 Å². The van der Waals surface area contributed by atoms with E-state index in [0.717, 1.165) is 11.1 Å². The van der Waals surface area contributed by atoms with Gasteiger partial charge in [0.25, 0.3) is 5.56 Å². The Hall–Kier alpha value is -3.39. The Kier molecular flexibility index (Phi) is 7.67. The number of halogens is 2. The Bertz CT molecular complexity index is 1780. The molecule has 0 amide bonds. The van der Waals surface area contributed by atoms with Crippen molar-refractivity contribution in [2.24, 2.45) is 4.99 Å². The Balaban J connectivity index is 1.62. The fourth-order valence-electron chi connectivity index (χ4n) is 4.53. The third-order valence-electron chi connectivity index (χ3n) is 6.54. The van der Waals surface area contributed by atoms with Gasteiger partial charge in [-0.2, -0.15) is 0 Å². The lowest BCUT2D eigenvalue weighted by Crippen LogP contribution is -2.39. The van der Waals surface area contributed by atoms with Gasteiger partial charge in [0.15, 0.2) is 4.80 Å². The van der Waals surface area contributed by atoms with Crippen LogP contribution in [0.4, 0.5) is 0 Å². The average molecular weight is 582 g/mol. The summed E-state index contributed by atoms with van der Waals surface area (Å²) in [7, 11) is 0. The molecule has 0 fully saturated rings. The van der Waals surface area contributed by atoms with Crippen molar-refractivity contribution in [1.29, 1.82) is 0 Å². The van der Waals surface area contributed by atoms with Gasteiger partial charge in [-0.3, -0.25) is 9.36 Å². The second-order valence-corrected chi connectivity index (χ2v) is 11.3. The number of furan rings is 1. The molecule has 3 heterocycles. The summed E-state index contributed by atoms with van der Waals surface area (Å²) in [6.07, 6.45) is 1.69. The van der Waals surface area contributed by atoms with Crippen LogP contribution in [0.1, 0.15) is 56.5 Å². The molecule has 9 heteroatoms. The van der Waals surface area contributed by atoms with Crippen molar-refractivity contribution in [3.8, 4) is 11.3 Å². The van der Waals surface area contributed by atoms with Crippen LogP contribution in [0.2, 0.25) is 10.0 Å². The number of fused-ring (bicyclic) bond motifs is 1. The van der Waals surface area contributed by atoms with Crippen LogP contribution in [0.3, 0.4) is 0 Å². The van der Waals surface area contributed by atoms with Gasteiger partial charge in [0, 0.05) is 11.6 Å². The number of nitrogens with zero attached hydrogens (tertiary/aromatic N) is 2. The van der Waals surface area contributed by atoms with Crippen LogP contribution in [0.25, 0.3) is 17.4 Å². The lowest BCUT2D eigenvalue weighted by Gasteiger charge is -2.25. The molecule has 0 saturated heterocycles. The first-order chi connectivity index (χ1) is 18.7. The molecule has 1 aliphatic rings.